The molecule has 1 aromatic carbocycles. The second-order valence-corrected chi connectivity index (χ2v) is 10.6. The van der Waals surface area contributed by atoms with Crippen LogP contribution in [0.5, 0.6) is 0 Å². The van der Waals surface area contributed by atoms with Crippen molar-refractivity contribution in [3.63, 3.8) is 0 Å². The van der Waals surface area contributed by atoms with Gasteiger partial charge in [-0.15, -0.1) is 0 Å². The number of carbonyl (C=O) groups is 1. The number of pyridine rings is 1. The molecule has 0 aliphatic heterocycles. The zero-order valence-electron chi connectivity index (χ0n) is 19.1. The van der Waals surface area contributed by atoms with E-state index in [4.69, 9.17) is 0 Å². The van der Waals surface area contributed by atoms with Gasteiger partial charge in [-0.3, -0.25) is 9.78 Å². The number of aromatic nitrogens is 1. The Morgan fingerprint density at radius 2 is 1.84 bits per heavy atom. The molecule has 1 amide bonds. The van der Waals surface area contributed by atoms with Crippen LogP contribution >= 0.6 is 0 Å². The van der Waals surface area contributed by atoms with Gasteiger partial charge in [0.15, 0.2) is 9.84 Å². The molecule has 3 N–H and O–H groups in total. The minimum atomic E-state index is -3.32. The van der Waals surface area contributed by atoms with Crippen molar-refractivity contribution in [2.75, 3.05) is 19.4 Å². The van der Waals surface area contributed by atoms with E-state index in [0.717, 1.165) is 11.3 Å². The SMILES string of the molecule is CCS(=O)(=O)c1ccc(C(C)(CO)NC(=O)c2cnc(C(NC)C(C)C)c(C)c2)cc1. The highest BCUT2D eigenvalue weighted by molar-refractivity contribution is 7.91. The van der Waals surface area contributed by atoms with Gasteiger partial charge in [-0.1, -0.05) is 32.9 Å². The van der Waals surface area contributed by atoms with Gasteiger partial charge in [0, 0.05) is 6.20 Å². The van der Waals surface area contributed by atoms with Crippen LogP contribution in [-0.4, -0.2) is 43.8 Å². The van der Waals surface area contributed by atoms with Crippen LogP contribution in [0.25, 0.3) is 0 Å². The van der Waals surface area contributed by atoms with Crippen LogP contribution < -0.4 is 10.6 Å². The van der Waals surface area contributed by atoms with Crippen LogP contribution in [0.2, 0.25) is 0 Å². The average molecular weight is 448 g/mol. The molecule has 2 rings (SSSR count). The predicted octanol–water partition coefficient (Wildman–Crippen LogP) is 2.74. The van der Waals surface area contributed by atoms with Crippen molar-refractivity contribution in [1.82, 2.24) is 15.6 Å². The topological polar surface area (TPSA) is 108 Å². The minimum absolute atomic E-state index is 0.00785. The highest BCUT2D eigenvalue weighted by Gasteiger charge is 2.29. The van der Waals surface area contributed by atoms with E-state index >= 15 is 0 Å². The maximum atomic E-state index is 12.9. The first-order valence-corrected chi connectivity index (χ1v) is 12.0. The minimum Gasteiger partial charge on any atom is -0.394 e. The molecule has 0 saturated heterocycles. The first kappa shape index (κ1) is 25.0. The molecule has 7 nitrogen and oxygen atoms in total. The molecule has 0 spiro atoms. The molecule has 2 atom stereocenters. The molecular weight excluding hydrogens is 414 g/mol. The van der Waals surface area contributed by atoms with Crippen molar-refractivity contribution in [3.05, 3.63) is 58.9 Å². The molecule has 0 saturated carbocycles. The zero-order chi connectivity index (χ0) is 23.4. The molecule has 0 aliphatic carbocycles. The number of rotatable bonds is 9. The average Bonchev–Trinajstić information content (AvgIpc) is 2.75. The Morgan fingerprint density at radius 1 is 1.23 bits per heavy atom. The summed E-state index contributed by atoms with van der Waals surface area (Å²) < 4.78 is 24.1. The summed E-state index contributed by atoms with van der Waals surface area (Å²) in [5.41, 5.74) is 1.72. The molecule has 0 aliphatic rings. The summed E-state index contributed by atoms with van der Waals surface area (Å²) in [6.45, 7) is 9.06. The molecule has 31 heavy (non-hydrogen) atoms. The standard InChI is InChI=1S/C23H33N3O4S/c1-7-31(29,30)19-10-8-18(9-11-19)23(5,14-27)26-22(28)17-12-16(4)21(25-13-17)20(24-6)15(2)3/h8-13,15,20,24,27H,7,14H2,1-6H3,(H,26,28). The Morgan fingerprint density at radius 3 is 2.29 bits per heavy atom. The van der Waals surface area contributed by atoms with Gasteiger partial charge in [0.1, 0.15) is 0 Å². The molecule has 1 heterocycles. The number of aryl methyl sites for hydroxylation is 1. The molecule has 2 unspecified atom stereocenters. The Labute approximate surface area is 185 Å². The van der Waals surface area contributed by atoms with Gasteiger partial charge in [0.2, 0.25) is 0 Å². The number of aliphatic hydroxyl groups excluding tert-OH is 1. The third-order valence-electron chi connectivity index (χ3n) is 5.59. The van der Waals surface area contributed by atoms with E-state index in [2.05, 4.69) is 29.5 Å². The van der Waals surface area contributed by atoms with Crippen molar-refractivity contribution < 1.29 is 18.3 Å². The number of nitrogens with one attached hydrogen (secondary N) is 2. The van der Waals surface area contributed by atoms with Crippen molar-refractivity contribution in [2.24, 2.45) is 5.92 Å². The third-order valence-corrected chi connectivity index (χ3v) is 7.34. The normalized spacial score (nSPS) is 14.8. The number of nitrogens with zero attached hydrogens (tertiary/aromatic N) is 1. The quantitative estimate of drug-likeness (QED) is 0.545. The van der Waals surface area contributed by atoms with E-state index in [1.165, 1.54) is 12.1 Å². The summed E-state index contributed by atoms with van der Waals surface area (Å²) >= 11 is 0. The third kappa shape index (κ3) is 5.50. The Bertz CT molecular complexity index is 1020. The first-order chi connectivity index (χ1) is 14.5. The van der Waals surface area contributed by atoms with Gasteiger partial charge in [0.05, 0.1) is 40.1 Å². The van der Waals surface area contributed by atoms with Crippen LogP contribution in [0.3, 0.4) is 0 Å². The molecule has 170 valence electrons. The van der Waals surface area contributed by atoms with Crippen molar-refractivity contribution in [1.29, 1.82) is 0 Å². The summed E-state index contributed by atoms with van der Waals surface area (Å²) in [5, 5.41) is 16.1. The molecular formula is C23H33N3O4S. The highest BCUT2D eigenvalue weighted by atomic mass is 32.2. The fraction of sp³-hybridized carbons (Fsp3) is 0.478. The van der Waals surface area contributed by atoms with E-state index in [-0.39, 0.29) is 29.2 Å². The number of sulfone groups is 1. The summed E-state index contributed by atoms with van der Waals surface area (Å²) in [5.74, 6) is -0.0176. The van der Waals surface area contributed by atoms with Crippen LogP contribution in [0.4, 0.5) is 0 Å². The van der Waals surface area contributed by atoms with E-state index < -0.39 is 15.4 Å². The Balaban J connectivity index is 2.29. The monoisotopic (exact) mass is 447 g/mol. The number of amides is 1. The van der Waals surface area contributed by atoms with Crippen LogP contribution in [0.1, 0.15) is 60.9 Å². The van der Waals surface area contributed by atoms with Crippen molar-refractivity contribution in [2.45, 2.75) is 51.1 Å². The maximum absolute atomic E-state index is 12.9. The lowest BCUT2D eigenvalue weighted by molar-refractivity contribution is 0.0849. The lowest BCUT2D eigenvalue weighted by Crippen LogP contribution is -2.46. The number of benzene rings is 1. The van der Waals surface area contributed by atoms with E-state index in [1.54, 1.807) is 38.2 Å². The van der Waals surface area contributed by atoms with Crippen molar-refractivity contribution in [3.8, 4) is 0 Å². The number of aliphatic hydroxyl groups is 1. The molecule has 0 bridgehead atoms. The van der Waals surface area contributed by atoms with Crippen LogP contribution in [0.15, 0.2) is 41.4 Å². The van der Waals surface area contributed by atoms with Gasteiger partial charge in [0.25, 0.3) is 5.91 Å². The Kier molecular flexibility index (Phi) is 7.97. The molecule has 1 aromatic heterocycles. The summed E-state index contributed by atoms with van der Waals surface area (Å²) in [6, 6.07) is 8.10. The highest BCUT2D eigenvalue weighted by Crippen LogP contribution is 2.25. The van der Waals surface area contributed by atoms with Gasteiger partial charge < -0.3 is 15.7 Å². The fourth-order valence-electron chi connectivity index (χ4n) is 3.54. The lowest BCUT2D eigenvalue weighted by atomic mass is 9.92. The van der Waals surface area contributed by atoms with Crippen LogP contribution in [-0.2, 0) is 15.4 Å². The van der Waals surface area contributed by atoms with Gasteiger partial charge in [-0.2, -0.15) is 0 Å². The van der Waals surface area contributed by atoms with Gasteiger partial charge in [-0.25, -0.2) is 8.42 Å². The molecule has 0 fully saturated rings. The number of carbonyl (C=O) groups excluding carboxylic acids is 1. The fourth-order valence-corrected chi connectivity index (χ4v) is 4.43. The largest absolute Gasteiger partial charge is 0.394 e. The van der Waals surface area contributed by atoms with Gasteiger partial charge >= 0.3 is 0 Å². The predicted molar refractivity (Wildman–Crippen MR) is 122 cm³/mol. The Hall–Kier alpha value is -2.29. The van der Waals surface area contributed by atoms with Crippen LogP contribution in [0, 0.1) is 12.8 Å². The summed E-state index contributed by atoms with van der Waals surface area (Å²) in [4.78, 5) is 17.7. The second kappa shape index (κ2) is 9.89. The lowest BCUT2D eigenvalue weighted by Gasteiger charge is -2.30. The van der Waals surface area contributed by atoms with Crippen molar-refractivity contribution >= 4 is 15.7 Å². The van der Waals surface area contributed by atoms with E-state index in [0.29, 0.717) is 17.0 Å². The maximum Gasteiger partial charge on any atom is 0.253 e. The van der Waals surface area contributed by atoms with E-state index in [9.17, 15) is 18.3 Å². The molecule has 0 radical (unpaired) electrons. The number of hydrogen-bond donors (Lipinski definition) is 3. The second-order valence-electron chi connectivity index (χ2n) is 8.31. The first-order valence-electron chi connectivity index (χ1n) is 10.4. The van der Waals surface area contributed by atoms with Gasteiger partial charge in [-0.05, 0) is 56.1 Å². The smallest absolute Gasteiger partial charge is 0.253 e. The molecule has 2 aromatic rings. The zero-order valence-corrected chi connectivity index (χ0v) is 19.9. The van der Waals surface area contributed by atoms with E-state index in [1.807, 2.05) is 14.0 Å². The summed E-state index contributed by atoms with van der Waals surface area (Å²) in [6.07, 6.45) is 1.54. The molecule has 8 heteroatoms. The number of hydrogen-bond acceptors (Lipinski definition) is 6. The summed E-state index contributed by atoms with van der Waals surface area (Å²) in [7, 11) is -1.44.